The summed E-state index contributed by atoms with van der Waals surface area (Å²) in [5.41, 5.74) is 0.590. The number of hydrogen-bond acceptors (Lipinski definition) is 3. The first kappa shape index (κ1) is 17.5. The summed E-state index contributed by atoms with van der Waals surface area (Å²) in [6, 6.07) is 4.69. The quantitative estimate of drug-likeness (QED) is 0.887. The number of rotatable bonds is 4. The Labute approximate surface area is 151 Å². The van der Waals surface area contributed by atoms with Crippen LogP contribution in [0.3, 0.4) is 0 Å². The summed E-state index contributed by atoms with van der Waals surface area (Å²) >= 11 is 11.9. The van der Waals surface area contributed by atoms with E-state index in [1.165, 1.54) is 0 Å². The smallest absolute Gasteiger partial charge is 0.241 e. The number of nitrogens with zero attached hydrogens (tertiary/aromatic N) is 2. The number of halogens is 2. The van der Waals surface area contributed by atoms with Crippen molar-refractivity contribution in [3.8, 4) is 0 Å². The van der Waals surface area contributed by atoms with E-state index in [9.17, 15) is 9.59 Å². The molecular weight excluding hydrogens is 349 g/mol. The molecule has 5 nitrogen and oxygen atoms in total. The van der Waals surface area contributed by atoms with E-state index >= 15 is 0 Å². The SMILES string of the molecule is CC(C(=O)Nc1cc(Cl)cc(Cl)c1)N1CCN(C(=O)C2CC2)CC1. The van der Waals surface area contributed by atoms with Crippen molar-refractivity contribution in [1.29, 1.82) is 0 Å². The Bertz CT molecular complexity index is 620. The van der Waals surface area contributed by atoms with E-state index in [1.807, 2.05) is 11.8 Å². The number of carbonyl (C=O) groups is 2. The average Bonchev–Trinajstić information content (AvgIpc) is 3.37. The molecule has 1 atom stereocenters. The van der Waals surface area contributed by atoms with Gasteiger partial charge in [0.15, 0.2) is 0 Å². The highest BCUT2D eigenvalue weighted by molar-refractivity contribution is 6.35. The number of hydrogen-bond donors (Lipinski definition) is 1. The fourth-order valence-corrected chi connectivity index (χ4v) is 3.48. The maximum atomic E-state index is 12.4. The lowest BCUT2D eigenvalue weighted by molar-refractivity contribution is -0.135. The molecule has 1 aromatic rings. The first-order valence-corrected chi connectivity index (χ1v) is 8.99. The van der Waals surface area contributed by atoms with Crippen molar-refractivity contribution in [2.24, 2.45) is 5.92 Å². The topological polar surface area (TPSA) is 52.7 Å². The van der Waals surface area contributed by atoms with E-state index in [-0.39, 0.29) is 23.8 Å². The number of carbonyl (C=O) groups excluding carboxylic acids is 2. The second-order valence-corrected chi connectivity index (χ2v) is 7.33. The zero-order valence-electron chi connectivity index (χ0n) is 13.6. The van der Waals surface area contributed by atoms with Crippen molar-refractivity contribution in [1.82, 2.24) is 9.80 Å². The first-order chi connectivity index (χ1) is 11.4. The molecule has 0 bridgehead atoms. The first-order valence-electron chi connectivity index (χ1n) is 8.24. The molecule has 7 heteroatoms. The number of piperazine rings is 1. The molecule has 130 valence electrons. The Morgan fingerprint density at radius 3 is 2.21 bits per heavy atom. The number of benzene rings is 1. The van der Waals surface area contributed by atoms with E-state index < -0.39 is 0 Å². The van der Waals surface area contributed by atoms with Crippen molar-refractivity contribution in [3.63, 3.8) is 0 Å². The molecule has 0 radical (unpaired) electrons. The van der Waals surface area contributed by atoms with Crippen LogP contribution in [-0.2, 0) is 9.59 Å². The molecule has 0 spiro atoms. The predicted molar refractivity (Wildman–Crippen MR) is 95.4 cm³/mol. The van der Waals surface area contributed by atoms with Crippen molar-refractivity contribution >= 4 is 40.7 Å². The van der Waals surface area contributed by atoms with Gasteiger partial charge in [-0.3, -0.25) is 14.5 Å². The largest absolute Gasteiger partial charge is 0.340 e. The number of nitrogens with one attached hydrogen (secondary N) is 1. The summed E-state index contributed by atoms with van der Waals surface area (Å²) in [5, 5.41) is 3.82. The maximum absolute atomic E-state index is 12.4. The van der Waals surface area contributed by atoms with Crippen LogP contribution in [0.2, 0.25) is 10.0 Å². The molecule has 1 saturated heterocycles. The van der Waals surface area contributed by atoms with Crippen LogP contribution in [0.1, 0.15) is 19.8 Å². The van der Waals surface area contributed by atoms with Gasteiger partial charge in [0.05, 0.1) is 6.04 Å². The van der Waals surface area contributed by atoms with Crippen LogP contribution in [-0.4, -0.2) is 53.8 Å². The van der Waals surface area contributed by atoms with Crippen molar-refractivity contribution in [2.45, 2.75) is 25.8 Å². The standard InChI is InChI=1S/C17H21Cl2N3O2/c1-11(16(23)20-15-9-13(18)8-14(19)10-15)21-4-6-22(7-5-21)17(24)12-2-3-12/h8-12H,2-7H2,1H3,(H,20,23). The lowest BCUT2D eigenvalue weighted by Gasteiger charge is -2.37. The van der Waals surface area contributed by atoms with Crippen LogP contribution < -0.4 is 5.32 Å². The third-order valence-corrected chi connectivity index (χ3v) is 5.05. The summed E-state index contributed by atoms with van der Waals surface area (Å²) < 4.78 is 0. The van der Waals surface area contributed by atoms with E-state index in [0.717, 1.165) is 12.8 Å². The Kier molecular flexibility index (Phi) is 5.33. The fraction of sp³-hybridized carbons (Fsp3) is 0.529. The van der Waals surface area contributed by atoms with Gasteiger partial charge in [-0.2, -0.15) is 0 Å². The zero-order valence-corrected chi connectivity index (χ0v) is 15.1. The second-order valence-electron chi connectivity index (χ2n) is 6.46. The fourth-order valence-electron chi connectivity index (χ4n) is 2.96. The molecule has 0 aromatic heterocycles. The highest BCUT2D eigenvalue weighted by atomic mass is 35.5. The average molecular weight is 370 g/mol. The summed E-state index contributed by atoms with van der Waals surface area (Å²) in [5.74, 6) is 0.431. The van der Waals surface area contributed by atoms with E-state index in [1.54, 1.807) is 18.2 Å². The van der Waals surface area contributed by atoms with E-state index in [2.05, 4.69) is 10.2 Å². The van der Waals surface area contributed by atoms with Gasteiger partial charge in [-0.25, -0.2) is 0 Å². The summed E-state index contributed by atoms with van der Waals surface area (Å²) in [4.78, 5) is 28.5. The molecule has 24 heavy (non-hydrogen) atoms. The van der Waals surface area contributed by atoms with Gasteiger partial charge in [0.25, 0.3) is 0 Å². The summed E-state index contributed by atoms with van der Waals surface area (Å²) in [6.07, 6.45) is 2.06. The minimum atomic E-state index is -0.277. The molecule has 1 aliphatic heterocycles. The Morgan fingerprint density at radius 1 is 1.08 bits per heavy atom. The molecule has 2 aliphatic rings. The molecular formula is C17H21Cl2N3O2. The van der Waals surface area contributed by atoms with Crippen LogP contribution in [0, 0.1) is 5.92 Å². The summed E-state index contributed by atoms with van der Waals surface area (Å²) in [7, 11) is 0. The van der Waals surface area contributed by atoms with Gasteiger partial charge < -0.3 is 10.2 Å². The van der Waals surface area contributed by atoms with Gasteiger partial charge in [0.1, 0.15) is 0 Å². The molecule has 1 N–H and O–H groups in total. The van der Waals surface area contributed by atoms with Gasteiger partial charge in [0, 0.05) is 47.8 Å². The van der Waals surface area contributed by atoms with Gasteiger partial charge in [-0.15, -0.1) is 0 Å². The highest BCUT2D eigenvalue weighted by Gasteiger charge is 2.35. The van der Waals surface area contributed by atoms with Gasteiger partial charge in [0.2, 0.25) is 11.8 Å². The Morgan fingerprint density at radius 2 is 1.67 bits per heavy atom. The minimum Gasteiger partial charge on any atom is -0.340 e. The van der Waals surface area contributed by atoms with Gasteiger partial charge in [-0.1, -0.05) is 23.2 Å². The second kappa shape index (κ2) is 7.30. The van der Waals surface area contributed by atoms with E-state index in [0.29, 0.717) is 41.9 Å². The predicted octanol–water partition coefficient (Wildman–Crippen LogP) is 2.87. The molecule has 1 heterocycles. The van der Waals surface area contributed by atoms with Crippen LogP contribution in [0.5, 0.6) is 0 Å². The Hall–Kier alpha value is -1.30. The van der Waals surface area contributed by atoms with Crippen LogP contribution in [0.15, 0.2) is 18.2 Å². The zero-order chi connectivity index (χ0) is 17.3. The maximum Gasteiger partial charge on any atom is 0.241 e. The highest BCUT2D eigenvalue weighted by Crippen LogP contribution is 2.31. The number of amides is 2. The van der Waals surface area contributed by atoms with Gasteiger partial charge in [-0.05, 0) is 38.0 Å². The molecule has 3 rings (SSSR count). The summed E-state index contributed by atoms with van der Waals surface area (Å²) in [6.45, 7) is 4.68. The van der Waals surface area contributed by atoms with Crippen LogP contribution in [0.4, 0.5) is 5.69 Å². The van der Waals surface area contributed by atoms with Crippen LogP contribution >= 0.6 is 23.2 Å². The normalized spacial score (nSPS) is 19.9. The van der Waals surface area contributed by atoms with Crippen molar-refractivity contribution < 1.29 is 9.59 Å². The third kappa shape index (κ3) is 4.21. The van der Waals surface area contributed by atoms with Crippen molar-refractivity contribution in [3.05, 3.63) is 28.2 Å². The minimum absolute atomic E-state index is 0.102. The van der Waals surface area contributed by atoms with Gasteiger partial charge >= 0.3 is 0 Å². The monoisotopic (exact) mass is 369 g/mol. The van der Waals surface area contributed by atoms with Crippen LogP contribution in [0.25, 0.3) is 0 Å². The molecule has 1 unspecified atom stereocenters. The third-order valence-electron chi connectivity index (χ3n) is 4.61. The number of anilines is 1. The molecule has 1 aliphatic carbocycles. The Balaban J connectivity index is 1.53. The lowest BCUT2D eigenvalue weighted by atomic mass is 10.2. The molecule has 1 aromatic carbocycles. The molecule has 2 amide bonds. The van der Waals surface area contributed by atoms with E-state index in [4.69, 9.17) is 23.2 Å². The molecule has 2 fully saturated rings. The molecule has 1 saturated carbocycles. The lowest BCUT2D eigenvalue weighted by Crippen LogP contribution is -2.54. The van der Waals surface area contributed by atoms with Crippen molar-refractivity contribution in [2.75, 3.05) is 31.5 Å².